The third-order valence-electron chi connectivity index (χ3n) is 5.73. The lowest BCUT2D eigenvalue weighted by atomic mass is 9.95. The SMILES string of the molecule is COc1ccc(N2C(=O)CN(c3ccccc3F)C(=O)[C@H]2c2ccc(C(C)C)cc2)cc1. The van der Waals surface area contributed by atoms with E-state index in [4.69, 9.17) is 4.74 Å². The number of para-hydroxylation sites is 1. The largest absolute Gasteiger partial charge is 0.497 e. The molecule has 1 aliphatic rings. The number of halogens is 1. The molecule has 4 rings (SSSR count). The molecule has 6 heteroatoms. The zero-order chi connectivity index (χ0) is 22.8. The molecule has 0 spiro atoms. The Morgan fingerprint density at radius 2 is 1.59 bits per heavy atom. The van der Waals surface area contributed by atoms with Crippen LogP contribution < -0.4 is 14.5 Å². The maximum Gasteiger partial charge on any atom is 0.255 e. The standard InChI is InChI=1S/C26H25FN2O3/c1-17(2)18-8-10-19(11-9-18)25-26(31)28(23-7-5-4-6-22(23)27)16-24(30)29(25)20-12-14-21(32-3)15-13-20/h4-15,17,25H,16H2,1-3H3/t25-/m1/s1. The molecule has 0 saturated carbocycles. The number of nitrogens with zero attached hydrogens (tertiary/aromatic N) is 2. The maximum atomic E-state index is 14.5. The Hall–Kier alpha value is -3.67. The Bertz CT molecular complexity index is 1130. The molecule has 0 N–H and O–H groups in total. The number of carbonyl (C=O) groups excluding carboxylic acids is 2. The summed E-state index contributed by atoms with van der Waals surface area (Å²) in [6.45, 7) is 3.94. The molecule has 1 atom stereocenters. The highest BCUT2D eigenvalue weighted by Crippen LogP contribution is 2.36. The molecule has 0 unspecified atom stereocenters. The second-order valence-electron chi connectivity index (χ2n) is 8.06. The van der Waals surface area contributed by atoms with Crippen molar-refractivity contribution in [1.29, 1.82) is 0 Å². The van der Waals surface area contributed by atoms with Gasteiger partial charge in [-0.05, 0) is 53.4 Å². The fourth-order valence-electron chi connectivity index (χ4n) is 3.96. The van der Waals surface area contributed by atoms with E-state index in [0.717, 1.165) is 5.56 Å². The fourth-order valence-corrected chi connectivity index (χ4v) is 3.96. The molecular weight excluding hydrogens is 407 g/mol. The zero-order valence-corrected chi connectivity index (χ0v) is 18.3. The van der Waals surface area contributed by atoms with Gasteiger partial charge in [0.1, 0.15) is 24.2 Å². The van der Waals surface area contributed by atoms with Crippen LogP contribution in [0.5, 0.6) is 5.75 Å². The molecule has 32 heavy (non-hydrogen) atoms. The van der Waals surface area contributed by atoms with Crippen LogP contribution >= 0.6 is 0 Å². The van der Waals surface area contributed by atoms with Crippen LogP contribution in [0.15, 0.2) is 72.8 Å². The highest BCUT2D eigenvalue weighted by Gasteiger charge is 2.42. The summed E-state index contributed by atoms with van der Waals surface area (Å²) in [5.74, 6) is -0.213. The van der Waals surface area contributed by atoms with Crippen LogP contribution in [0.2, 0.25) is 0 Å². The third-order valence-corrected chi connectivity index (χ3v) is 5.73. The molecule has 2 amide bonds. The number of carbonyl (C=O) groups is 2. The number of methoxy groups -OCH3 is 1. The van der Waals surface area contributed by atoms with Crippen molar-refractivity contribution in [3.63, 3.8) is 0 Å². The van der Waals surface area contributed by atoms with Crippen molar-refractivity contribution in [2.75, 3.05) is 23.5 Å². The van der Waals surface area contributed by atoms with Gasteiger partial charge in [-0.15, -0.1) is 0 Å². The molecule has 5 nitrogen and oxygen atoms in total. The number of piperazine rings is 1. The molecule has 164 valence electrons. The Morgan fingerprint density at radius 3 is 2.19 bits per heavy atom. The van der Waals surface area contributed by atoms with Crippen molar-refractivity contribution in [3.8, 4) is 5.75 Å². The van der Waals surface area contributed by atoms with E-state index in [1.165, 1.54) is 21.9 Å². The van der Waals surface area contributed by atoms with E-state index >= 15 is 0 Å². The summed E-state index contributed by atoms with van der Waals surface area (Å²) in [6, 6.07) is 19.8. The molecule has 0 aliphatic carbocycles. The van der Waals surface area contributed by atoms with Crippen LogP contribution in [0.4, 0.5) is 15.8 Å². The van der Waals surface area contributed by atoms with Gasteiger partial charge >= 0.3 is 0 Å². The summed E-state index contributed by atoms with van der Waals surface area (Å²) in [7, 11) is 1.57. The van der Waals surface area contributed by atoms with Crippen molar-refractivity contribution in [2.45, 2.75) is 25.8 Å². The van der Waals surface area contributed by atoms with Crippen molar-refractivity contribution in [1.82, 2.24) is 0 Å². The van der Waals surface area contributed by atoms with Gasteiger partial charge in [-0.25, -0.2) is 4.39 Å². The van der Waals surface area contributed by atoms with Gasteiger partial charge in [-0.3, -0.25) is 19.4 Å². The van der Waals surface area contributed by atoms with Crippen LogP contribution in [-0.4, -0.2) is 25.5 Å². The van der Waals surface area contributed by atoms with Crippen LogP contribution in [0.3, 0.4) is 0 Å². The van der Waals surface area contributed by atoms with Gasteiger partial charge in [-0.1, -0.05) is 50.2 Å². The first-order valence-electron chi connectivity index (χ1n) is 10.5. The van der Waals surface area contributed by atoms with Gasteiger partial charge in [0.2, 0.25) is 5.91 Å². The van der Waals surface area contributed by atoms with E-state index in [9.17, 15) is 14.0 Å². The summed E-state index contributed by atoms with van der Waals surface area (Å²) in [5, 5.41) is 0. The topological polar surface area (TPSA) is 49.9 Å². The van der Waals surface area contributed by atoms with Crippen LogP contribution in [-0.2, 0) is 9.59 Å². The average molecular weight is 432 g/mol. The normalized spacial score (nSPS) is 16.6. The number of hydrogen-bond acceptors (Lipinski definition) is 3. The lowest BCUT2D eigenvalue weighted by Gasteiger charge is -2.40. The van der Waals surface area contributed by atoms with Crippen molar-refractivity contribution >= 4 is 23.2 Å². The Balaban J connectivity index is 1.80. The predicted molar refractivity (Wildman–Crippen MR) is 123 cm³/mol. The lowest BCUT2D eigenvalue weighted by Crippen LogP contribution is -2.56. The number of hydrogen-bond donors (Lipinski definition) is 0. The summed E-state index contributed by atoms with van der Waals surface area (Å²) in [6.07, 6.45) is 0. The summed E-state index contributed by atoms with van der Waals surface area (Å²) >= 11 is 0. The molecule has 3 aromatic rings. The monoisotopic (exact) mass is 432 g/mol. The first kappa shape index (κ1) is 21.6. The van der Waals surface area contributed by atoms with Gasteiger partial charge in [0.25, 0.3) is 5.91 Å². The summed E-state index contributed by atoms with van der Waals surface area (Å²) in [4.78, 5) is 29.7. The Morgan fingerprint density at radius 1 is 0.938 bits per heavy atom. The molecule has 0 radical (unpaired) electrons. The molecule has 1 saturated heterocycles. The minimum absolute atomic E-state index is 0.101. The predicted octanol–water partition coefficient (Wildman–Crippen LogP) is 5.08. The molecule has 0 aromatic heterocycles. The van der Waals surface area contributed by atoms with E-state index in [0.29, 0.717) is 22.9 Å². The molecular formula is C26H25FN2O3. The van der Waals surface area contributed by atoms with Crippen LogP contribution in [0.1, 0.15) is 36.9 Å². The second kappa shape index (κ2) is 8.83. The van der Waals surface area contributed by atoms with Gasteiger partial charge in [0.05, 0.1) is 12.8 Å². The first-order valence-corrected chi connectivity index (χ1v) is 10.5. The van der Waals surface area contributed by atoms with E-state index in [1.807, 2.05) is 24.3 Å². The van der Waals surface area contributed by atoms with Gasteiger partial charge < -0.3 is 4.74 Å². The van der Waals surface area contributed by atoms with E-state index in [-0.39, 0.29) is 24.0 Å². The number of rotatable bonds is 5. The molecule has 1 aliphatic heterocycles. The van der Waals surface area contributed by atoms with Crippen molar-refractivity contribution in [2.24, 2.45) is 0 Å². The Kier molecular flexibility index (Phi) is 5.95. The zero-order valence-electron chi connectivity index (χ0n) is 18.3. The highest BCUT2D eigenvalue weighted by molar-refractivity contribution is 6.14. The minimum Gasteiger partial charge on any atom is -0.497 e. The number of anilines is 2. The fraction of sp³-hybridized carbons (Fsp3) is 0.231. The molecule has 1 fully saturated rings. The molecule has 0 bridgehead atoms. The van der Waals surface area contributed by atoms with Crippen LogP contribution in [0, 0.1) is 5.82 Å². The van der Waals surface area contributed by atoms with Crippen LogP contribution in [0.25, 0.3) is 0 Å². The second-order valence-corrected chi connectivity index (χ2v) is 8.06. The van der Waals surface area contributed by atoms with Gasteiger partial charge in [0, 0.05) is 5.69 Å². The lowest BCUT2D eigenvalue weighted by molar-refractivity contribution is -0.128. The van der Waals surface area contributed by atoms with Crippen molar-refractivity contribution in [3.05, 3.63) is 89.7 Å². The average Bonchev–Trinajstić information content (AvgIpc) is 2.81. The number of ether oxygens (including phenoxy) is 1. The Labute approximate surface area is 187 Å². The van der Waals surface area contributed by atoms with E-state index in [2.05, 4.69) is 13.8 Å². The number of benzene rings is 3. The smallest absolute Gasteiger partial charge is 0.255 e. The molecule has 3 aromatic carbocycles. The third kappa shape index (κ3) is 3.96. The highest BCUT2D eigenvalue weighted by atomic mass is 19.1. The number of amides is 2. The quantitative estimate of drug-likeness (QED) is 0.565. The van der Waals surface area contributed by atoms with Gasteiger partial charge in [-0.2, -0.15) is 0 Å². The van der Waals surface area contributed by atoms with Crippen molar-refractivity contribution < 1.29 is 18.7 Å². The summed E-state index contributed by atoms with van der Waals surface area (Å²) in [5.41, 5.74) is 2.48. The first-order chi connectivity index (χ1) is 15.4. The van der Waals surface area contributed by atoms with E-state index in [1.54, 1.807) is 43.5 Å². The maximum absolute atomic E-state index is 14.5. The summed E-state index contributed by atoms with van der Waals surface area (Å²) < 4.78 is 19.7. The molecule has 1 heterocycles. The van der Waals surface area contributed by atoms with E-state index < -0.39 is 11.9 Å². The minimum atomic E-state index is -0.912. The van der Waals surface area contributed by atoms with Gasteiger partial charge in [0.15, 0.2) is 0 Å².